The van der Waals surface area contributed by atoms with Crippen molar-refractivity contribution in [2.45, 2.75) is 0 Å². The monoisotopic (exact) mass is 153 g/mol. The van der Waals surface area contributed by atoms with Crippen molar-refractivity contribution in [3.63, 3.8) is 0 Å². The van der Waals surface area contributed by atoms with Crippen molar-refractivity contribution in [3.8, 4) is 5.75 Å². The van der Waals surface area contributed by atoms with Gasteiger partial charge in [-0.15, -0.1) is 0 Å². The molecular formula is C8H11NO2. The molecule has 0 saturated carbocycles. The van der Waals surface area contributed by atoms with Gasteiger partial charge in [0.2, 0.25) is 0 Å². The summed E-state index contributed by atoms with van der Waals surface area (Å²) in [5.74, 6) is 0.831. The first-order chi connectivity index (χ1) is 5.43. The Morgan fingerprint density at radius 3 is 2.64 bits per heavy atom. The fourth-order valence-corrected chi connectivity index (χ4v) is 0.688. The van der Waals surface area contributed by atoms with Gasteiger partial charge in [0.15, 0.2) is 6.73 Å². The van der Waals surface area contributed by atoms with E-state index in [1.54, 1.807) is 7.11 Å². The van der Waals surface area contributed by atoms with E-state index in [-0.39, 0.29) is 0 Å². The second-order valence-corrected chi connectivity index (χ2v) is 1.95. The van der Waals surface area contributed by atoms with E-state index in [0.29, 0.717) is 6.73 Å². The lowest BCUT2D eigenvalue weighted by Gasteiger charge is -2.04. The van der Waals surface area contributed by atoms with Gasteiger partial charge in [0.1, 0.15) is 5.75 Å². The zero-order valence-corrected chi connectivity index (χ0v) is 6.41. The van der Waals surface area contributed by atoms with Crippen LogP contribution in [0.4, 0.5) is 0 Å². The van der Waals surface area contributed by atoms with Gasteiger partial charge in [0.05, 0.1) is 7.11 Å². The van der Waals surface area contributed by atoms with E-state index in [1.807, 2.05) is 30.3 Å². The molecule has 0 spiro atoms. The first-order valence-electron chi connectivity index (χ1n) is 3.37. The number of benzene rings is 1. The highest BCUT2D eigenvalue weighted by Crippen LogP contribution is 2.06. The third-order valence-electron chi connectivity index (χ3n) is 1.19. The van der Waals surface area contributed by atoms with Gasteiger partial charge in [-0.2, -0.15) is 5.48 Å². The van der Waals surface area contributed by atoms with Crippen LogP contribution in [0.15, 0.2) is 30.3 Å². The molecule has 0 heterocycles. The minimum Gasteiger partial charge on any atom is -0.476 e. The molecule has 0 aliphatic carbocycles. The van der Waals surface area contributed by atoms with Crippen LogP contribution in [0.3, 0.4) is 0 Å². The molecule has 0 saturated heterocycles. The van der Waals surface area contributed by atoms with Crippen molar-refractivity contribution in [2.75, 3.05) is 13.8 Å². The molecule has 3 nitrogen and oxygen atoms in total. The van der Waals surface area contributed by atoms with E-state index in [1.165, 1.54) is 0 Å². The Kier molecular flexibility index (Phi) is 3.44. The molecule has 0 bridgehead atoms. The van der Waals surface area contributed by atoms with Crippen molar-refractivity contribution in [1.82, 2.24) is 5.48 Å². The Hall–Kier alpha value is -1.06. The van der Waals surface area contributed by atoms with Gasteiger partial charge in [-0.3, -0.25) is 0 Å². The minimum atomic E-state index is 0.362. The Labute approximate surface area is 65.9 Å². The quantitative estimate of drug-likeness (QED) is 0.400. The summed E-state index contributed by atoms with van der Waals surface area (Å²) >= 11 is 0. The van der Waals surface area contributed by atoms with Gasteiger partial charge >= 0.3 is 0 Å². The molecule has 0 atom stereocenters. The van der Waals surface area contributed by atoms with Crippen molar-refractivity contribution in [3.05, 3.63) is 30.3 Å². The number of para-hydroxylation sites is 1. The third-order valence-corrected chi connectivity index (χ3v) is 1.19. The maximum atomic E-state index is 5.21. The zero-order chi connectivity index (χ0) is 7.94. The van der Waals surface area contributed by atoms with Crippen LogP contribution in [0.5, 0.6) is 5.75 Å². The topological polar surface area (TPSA) is 30.5 Å². The summed E-state index contributed by atoms with van der Waals surface area (Å²) in [6, 6.07) is 9.55. The molecule has 11 heavy (non-hydrogen) atoms. The predicted molar refractivity (Wildman–Crippen MR) is 42.1 cm³/mol. The lowest BCUT2D eigenvalue weighted by atomic mass is 10.3. The van der Waals surface area contributed by atoms with Crippen LogP contribution in [-0.4, -0.2) is 13.8 Å². The van der Waals surface area contributed by atoms with Crippen molar-refractivity contribution in [2.24, 2.45) is 0 Å². The molecular weight excluding hydrogens is 142 g/mol. The summed E-state index contributed by atoms with van der Waals surface area (Å²) in [5, 5.41) is 0. The molecule has 0 fully saturated rings. The average Bonchev–Trinajstić information content (AvgIpc) is 2.07. The average molecular weight is 153 g/mol. The molecule has 0 aliphatic heterocycles. The lowest BCUT2D eigenvalue weighted by molar-refractivity contribution is 0.0409. The summed E-state index contributed by atoms with van der Waals surface area (Å²) in [5.41, 5.74) is 2.57. The molecule has 0 unspecified atom stereocenters. The molecule has 0 radical (unpaired) electrons. The van der Waals surface area contributed by atoms with Gasteiger partial charge in [-0.25, -0.2) is 0 Å². The van der Waals surface area contributed by atoms with Gasteiger partial charge in [0, 0.05) is 0 Å². The second kappa shape index (κ2) is 4.71. The molecule has 1 aromatic carbocycles. The molecule has 0 amide bonds. The van der Waals surface area contributed by atoms with Crippen LogP contribution in [0, 0.1) is 0 Å². The van der Waals surface area contributed by atoms with Crippen LogP contribution in [0.1, 0.15) is 0 Å². The maximum Gasteiger partial charge on any atom is 0.161 e. The van der Waals surface area contributed by atoms with Crippen molar-refractivity contribution < 1.29 is 9.57 Å². The van der Waals surface area contributed by atoms with E-state index < -0.39 is 0 Å². The summed E-state index contributed by atoms with van der Waals surface area (Å²) in [7, 11) is 1.55. The number of hydrogen-bond donors (Lipinski definition) is 1. The highest BCUT2D eigenvalue weighted by Gasteiger charge is 1.87. The zero-order valence-electron chi connectivity index (χ0n) is 6.41. The summed E-state index contributed by atoms with van der Waals surface area (Å²) in [6.45, 7) is 0.362. The normalized spacial score (nSPS) is 9.55. The molecule has 1 rings (SSSR count). The first kappa shape index (κ1) is 8.04. The van der Waals surface area contributed by atoms with Gasteiger partial charge in [-0.1, -0.05) is 18.2 Å². The fraction of sp³-hybridized carbons (Fsp3) is 0.250. The smallest absolute Gasteiger partial charge is 0.161 e. The third kappa shape index (κ3) is 3.02. The molecule has 0 aliphatic rings. The highest BCUT2D eigenvalue weighted by atomic mass is 16.7. The van der Waals surface area contributed by atoms with Gasteiger partial charge < -0.3 is 9.57 Å². The number of ether oxygens (including phenoxy) is 1. The molecule has 3 heteroatoms. The van der Waals surface area contributed by atoms with Gasteiger partial charge in [0.25, 0.3) is 0 Å². The Balaban J connectivity index is 2.28. The van der Waals surface area contributed by atoms with E-state index in [2.05, 4.69) is 10.3 Å². The lowest BCUT2D eigenvalue weighted by Crippen LogP contribution is -2.18. The van der Waals surface area contributed by atoms with Crippen LogP contribution in [-0.2, 0) is 4.84 Å². The second-order valence-electron chi connectivity index (χ2n) is 1.95. The molecule has 0 aromatic heterocycles. The highest BCUT2D eigenvalue weighted by molar-refractivity contribution is 5.20. The Bertz CT molecular complexity index is 189. The van der Waals surface area contributed by atoms with Crippen LogP contribution in [0.2, 0.25) is 0 Å². The van der Waals surface area contributed by atoms with Crippen LogP contribution >= 0.6 is 0 Å². The van der Waals surface area contributed by atoms with E-state index in [4.69, 9.17) is 4.74 Å². The number of hydroxylamine groups is 1. The van der Waals surface area contributed by atoms with Gasteiger partial charge in [-0.05, 0) is 12.1 Å². The SMILES string of the molecule is CONCOc1ccccc1. The Morgan fingerprint density at radius 1 is 1.27 bits per heavy atom. The number of hydrogen-bond acceptors (Lipinski definition) is 3. The van der Waals surface area contributed by atoms with E-state index in [0.717, 1.165) is 5.75 Å². The largest absolute Gasteiger partial charge is 0.476 e. The number of rotatable bonds is 4. The van der Waals surface area contributed by atoms with Crippen molar-refractivity contribution in [1.29, 1.82) is 0 Å². The summed E-state index contributed by atoms with van der Waals surface area (Å²) < 4.78 is 5.21. The first-order valence-corrected chi connectivity index (χ1v) is 3.37. The van der Waals surface area contributed by atoms with Crippen LogP contribution < -0.4 is 10.2 Å². The van der Waals surface area contributed by atoms with Crippen molar-refractivity contribution >= 4 is 0 Å². The fourth-order valence-electron chi connectivity index (χ4n) is 0.688. The molecule has 1 aromatic rings. The van der Waals surface area contributed by atoms with Crippen LogP contribution in [0.25, 0.3) is 0 Å². The molecule has 60 valence electrons. The Morgan fingerprint density at radius 2 is 2.00 bits per heavy atom. The maximum absolute atomic E-state index is 5.21. The van der Waals surface area contributed by atoms with E-state index in [9.17, 15) is 0 Å². The minimum absolute atomic E-state index is 0.362. The predicted octanol–water partition coefficient (Wildman–Crippen LogP) is 1.17. The standard InChI is InChI=1S/C8H11NO2/c1-10-9-7-11-8-5-3-2-4-6-8/h2-6,9H,7H2,1H3. The number of nitrogens with one attached hydrogen (secondary N) is 1. The molecule has 1 N–H and O–H groups in total. The summed E-state index contributed by atoms with van der Waals surface area (Å²) in [4.78, 5) is 4.59. The van der Waals surface area contributed by atoms with E-state index >= 15 is 0 Å². The summed E-state index contributed by atoms with van der Waals surface area (Å²) in [6.07, 6.45) is 0.